The van der Waals surface area contributed by atoms with Crippen molar-refractivity contribution in [1.82, 2.24) is 35.1 Å². The molecule has 0 spiro atoms. The van der Waals surface area contributed by atoms with Gasteiger partial charge in [0.2, 0.25) is 12.0 Å². The average molecular weight is 729 g/mol. The fraction of sp³-hybridized carbons (Fsp3) is 0.405. The summed E-state index contributed by atoms with van der Waals surface area (Å²) in [5, 5.41) is 22.7. The summed E-state index contributed by atoms with van der Waals surface area (Å²) in [4.78, 5) is 68.7. The second-order valence-corrected chi connectivity index (χ2v) is 13.4. The number of hydrogen-bond donors (Lipinski definition) is 6. The van der Waals surface area contributed by atoms with E-state index in [1.54, 1.807) is 22.2 Å². The molecule has 16 nitrogen and oxygen atoms in total. The maximum atomic E-state index is 13.3. The Kier molecular flexibility index (Phi) is 11.1. The summed E-state index contributed by atoms with van der Waals surface area (Å²) in [6.45, 7) is 3.73. The van der Waals surface area contributed by atoms with Gasteiger partial charge in [0.05, 0.1) is 55.2 Å². The highest BCUT2D eigenvalue weighted by Crippen LogP contribution is 2.35. The molecule has 0 radical (unpaired) electrons. The van der Waals surface area contributed by atoms with Gasteiger partial charge in [0, 0.05) is 13.1 Å². The fourth-order valence-corrected chi connectivity index (χ4v) is 7.02. The third kappa shape index (κ3) is 8.03. The summed E-state index contributed by atoms with van der Waals surface area (Å²) in [5.74, 6) is 0.306. The quantitative estimate of drug-likeness (QED) is 0.132. The van der Waals surface area contributed by atoms with Gasteiger partial charge in [0.15, 0.2) is 0 Å². The standard InChI is InChI=1S/C37H44N8O8/c1-20(46)30(43-37(51)52-3)34(48)44-16-4-6-28(44)32-39-18-26(41-32)24-12-8-22(9-13-24)23-10-14-25(15-11-23)27-19-40-33(42-27)29-7-5-17-45(29)35(49)31(21(2)47)53-36(38)50/h8-15,18-21,28-31,46-47H,4-7,16-17H2,1-3H3,(H2,38,50)(H,39,41)(H,40,42)(H,43,51)/t20-,21-,28?,29+,30+,31+/m1/s1. The van der Waals surface area contributed by atoms with E-state index >= 15 is 0 Å². The number of aliphatic hydroxyl groups is 2. The van der Waals surface area contributed by atoms with E-state index in [4.69, 9.17) is 10.5 Å². The molecule has 2 aromatic heterocycles. The van der Waals surface area contributed by atoms with E-state index in [0.29, 0.717) is 37.6 Å². The number of rotatable bonds is 11. The lowest BCUT2D eigenvalue weighted by Gasteiger charge is -2.29. The molecule has 2 aliphatic rings. The molecule has 6 atom stereocenters. The third-order valence-corrected chi connectivity index (χ3v) is 9.75. The molecule has 7 N–H and O–H groups in total. The van der Waals surface area contributed by atoms with Crippen molar-refractivity contribution in [2.24, 2.45) is 5.73 Å². The van der Waals surface area contributed by atoms with Crippen molar-refractivity contribution in [1.29, 1.82) is 0 Å². The highest BCUT2D eigenvalue weighted by Gasteiger charge is 2.40. The van der Waals surface area contributed by atoms with Gasteiger partial charge in [0.25, 0.3) is 5.91 Å². The Labute approximate surface area is 305 Å². The first-order valence-corrected chi connectivity index (χ1v) is 17.5. The number of benzene rings is 2. The molecule has 4 amide bonds. The molecule has 0 bridgehead atoms. The second kappa shape index (κ2) is 15.9. The zero-order valence-electron chi connectivity index (χ0n) is 29.7. The maximum absolute atomic E-state index is 13.3. The van der Waals surface area contributed by atoms with Crippen LogP contribution in [0.3, 0.4) is 0 Å². The van der Waals surface area contributed by atoms with Crippen LogP contribution in [0, 0.1) is 0 Å². The molecule has 4 aromatic rings. The van der Waals surface area contributed by atoms with E-state index in [-0.39, 0.29) is 12.1 Å². The van der Waals surface area contributed by atoms with E-state index in [1.165, 1.54) is 21.0 Å². The Morgan fingerprint density at radius 1 is 0.774 bits per heavy atom. The van der Waals surface area contributed by atoms with E-state index in [9.17, 15) is 29.4 Å². The lowest BCUT2D eigenvalue weighted by molar-refractivity contribution is -0.146. The van der Waals surface area contributed by atoms with Crippen LogP contribution in [0.15, 0.2) is 60.9 Å². The van der Waals surface area contributed by atoms with Crippen molar-refractivity contribution in [3.8, 4) is 33.6 Å². The second-order valence-electron chi connectivity index (χ2n) is 13.4. The number of hydrogen-bond acceptors (Lipinski definition) is 10. The van der Waals surface area contributed by atoms with Gasteiger partial charge < -0.3 is 50.5 Å². The number of methoxy groups -OCH3 is 1. The summed E-state index contributed by atoms with van der Waals surface area (Å²) in [6.07, 6.45) is 0.642. The molecule has 0 aliphatic carbocycles. The van der Waals surface area contributed by atoms with Crippen molar-refractivity contribution in [2.75, 3.05) is 20.2 Å². The van der Waals surface area contributed by atoms with Gasteiger partial charge in [-0.05, 0) is 61.8 Å². The molecule has 280 valence electrons. The van der Waals surface area contributed by atoms with Crippen LogP contribution < -0.4 is 11.1 Å². The Hall–Kier alpha value is -5.74. The Morgan fingerprint density at radius 3 is 1.64 bits per heavy atom. The van der Waals surface area contributed by atoms with Crippen molar-refractivity contribution in [3.63, 3.8) is 0 Å². The van der Waals surface area contributed by atoms with Gasteiger partial charge in [-0.1, -0.05) is 48.5 Å². The van der Waals surface area contributed by atoms with Crippen molar-refractivity contribution in [2.45, 2.75) is 76.0 Å². The van der Waals surface area contributed by atoms with Gasteiger partial charge in [-0.3, -0.25) is 9.59 Å². The van der Waals surface area contributed by atoms with Crippen LogP contribution in [0.25, 0.3) is 33.6 Å². The lowest BCUT2D eigenvalue weighted by atomic mass is 10.0. The number of amides is 4. The number of carbonyl (C=O) groups is 4. The van der Waals surface area contributed by atoms with Gasteiger partial charge in [-0.25, -0.2) is 19.6 Å². The molecule has 4 heterocycles. The number of imidazole rings is 2. The summed E-state index contributed by atoms with van der Waals surface area (Å²) in [6, 6.07) is 14.2. The van der Waals surface area contributed by atoms with Crippen LogP contribution in [-0.2, 0) is 19.1 Å². The maximum Gasteiger partial charge on any atom is 0.407 e. The predicted molar refractivity (Wildman–Crippen MR) is 192 cm³/mol. The number of carbonyl (C=O) groups excluding carboxylic acids is 4. The number of H-pyrrole nitrogens is 2. The van der Waals surface area contributed by atoms with Crippen molar-refractivity contribution >= 4 is 24.0 Å². The lowest BCUT2D eigenvalue weighted by Crippen LogP contribution is -2.53. The minimum atomic E-state index is -1.39. The average Bonchev–Trinajstić information content (AvgIpc) is 3.98. The molecule has 6 rings (SSSR count). The summed E-state index contributed by atoms with van der Waals surface area (Å²) in [7, 11) is 1.20. The van der Waals surface area contributed by atoms with E-state index < -0.39 is 48.4 Å². The van der Waals surface area contributed by atoms with Gasteiger partial charge >= 0.3 is 12.2 Å². The summed E-state index contributed by atoms with van der Waals surface area (Å²) >= 11 is 0. The van der Waals surface area contributed by atoms with Crippen LogP contribution in [-0.4, -0.2) is 109 Å². The fourth-order valence-electron chi connectivity index (χ4n) is 7.02. The van der Waals surface area contributed by atoms with E-state index in [1.807, 2.05) is 48.5 Å². The van der Waals surface area contributed by atoms with Crippen molar-refractivity contribution < 1.29 is 38.9 Å². The molecule has 53 heavy (non-hydrogen) atoms. The number of aliphatic hydroxyl groups excluding tert-OH is 2. The molecule has 2 fully saturated rings. The van der Waals surface area contributed by atoms with E-state index in [2.05, 4.69) is 30.0 Å². The predicted octanol–water partition coefficient (Wildman–Crippen LogP) is 3.41. The zero-order valence-corrected chi connectivity index (χ0v) is 29.7. The number of nitrogens with two attached hydrogens (primary N) is 1. The number of nitrogens with zero attached hydrogens (tertiary/aromatic N) is 4. The number of primary amides is 1. The Morgan fingerprint density at radius 2 is 1.23 bits per heavy atom. The highest BCUT2D eigenvalue weighted by atomic mass is 16.6. The molecular weight excluding hydrogens is 684 g/mol. The first kappa shape index (κ1) is 37.0. The molecular formula is C37H44N8O8. The smallest absolute Gasteiger partial charge is 0.407 e. The van der Waals surface area contributed by atoms with Crippen LogP contribution in [0.5, 0.6) is 0 Å². The Bertz CT molecular complexity index is 1920. The molecule has 2 saturated heterocycles. The topological polar surface area (TPSA) is 229 Å². The largest absolute Gasteiger partial charge is 0.453 e. The zero-order chi connectivity index (χ0) is 37.8. The molecule has 0 saturated carbocycles. The molecule has 16 heteroatoms. The van der Waals surface area contributed by atoms with Crippen LogP contribution >= 0.6 is 0 Å². The van der Waals surface area contributed by atoms with Crippen molar-refractivity contribution in [3.05, 3.63) is 72.6 Å². The summed E-state index contributed by atoms with van der Waals surface area (Å²) in [5.41, 5.74) is 10.5. The number of likely N-dealkylation sites (tertiary alicyclic amines) is 2. The van der Waals surface area contributed by atoms with E-state index in [0.717, 1.165) is 46.5 Å². The minimum Gasteiger partial charge on any atom is -0.453 e. The molecule has 2 aliphatic heterocycles. The first-order valence-electron chi connectivity index (χ1n) is 17.5. The number of ether oxygens (including phenoxy) is 2. The summed E-state index contributed by atoms with van der Waals surface area (Å²) < 4.78 is 9.54. The monoisotopic (exact) mass is 728 g/mol. The minimum absolute atomic E-state index is 0.328. The van der Waals surface area contributed by atoms with Crippen LogP contribution in [0.2, 0.25) is 0 Å². The number of aromatic nitrogens is 4. The first-order chi connectivity index (χ1) is 25.4. The number of aromatic amines is 2. The third-order valence-electron chi connectivity index (χ3n) is 9.75. The normalized spacial score (nSPS) is 19.3. The highest BCUT2D eigenvalue weighted by molar-refractivity contribution is 5.87. The van der Waals surface area contributed by atoms with Crippen LogP contribution in [0.1, 0.15) is 63.3 Å². The molecule has 1 unspecified atom stereocenters. The number of nitrogens with one attached hydrogen (secondary N) is 3. The van der Waals surface area contributed by atoms with Crippen LogP contribution in [0.4, 0.5) is 9.59 Å². The van der Waals surface area contributed by atoms with Gasteiger partial charge in [-0.15, -0.1) is 0 Å². The SMILES string of the molecule is COC(=O)N[C@H](C(=O)N1CCCC1c1ncc(-c2ccc(-c3ccc(-c4cnc([C@@H]5CCCN5C(=O)[C@@H](OC(N)=O)[C@@H](C)O)[nH]4)cc3)cc2)[nH]1)[C@@H](C)O. The molecule has 2 aromatic carbocycles. The van der Waals surface area contributed by atoms with Gasteiger partial charge in [0.1, 0.15) is 17.7 Å². The Balaban J connectivity index is 1.11. The van der Waals surface area contributed by atoms with Gasteiger partial charge in [-0.2, -0.15) is 0 Å². The number of alkyl carbamates (subject to hydrolysis) is 1.